The van der Waals surface area contributed by atoms with Crippen LogP contribution in [0, 0.1) is 11.3 Å². The molecule has 3 aliphatic heterocycles. The lowest BCUT2D eigenvalue weighted by atomic mass is 9.89. The van der Waals surface area contributed by atoms with Crippen molar-refractivity contribution >= 4 is 74.2 Å². The fraction of sp³-hybridized carbons (Fsp3) is 0.455. The van der Waals surface area contributed by atoms with E-state index in [1.165, 1.54) is 16.2 Å². The number of benzene rings is 2. The SMILES string of the molecule is N=C(N)N1CCCC(CC(NC(=O)C2CCC3C(=O)N(CCCc4ccc(Cl)c(Cl)c4)CC(=O)N23)C(=O)c2nc3ccccc3s2)C1. The number of hydrogen-bond donors (Lipinski definition) is 3. The molecule has 1 aromatic heterocycles. The Morgan fingerprint density at radius 2 is 1.91 bits per heavy atom. The zero-order chi connectivity index (χ0) is 33.2. The topological polar surface area (TPSA) is 153 Å². The molecular weight excluding hydrogens is 661 g/mol. The number of nitrogens with one attached hydrogen (secondary N) is 2. The van der Waals surface area contributed by atoms with Crippen molar-refractivity contribution in [3.63, 3.8) is 0 Å². The first-order valence-electron chi connectivity index (χ1n) is 15.9. The second kappa shape index (κ2) is 14.2. The molecule has 3 saturated heterocycles. The first-order chi connectivity index (χ1) is 22.6. The fourth-order valence-electron chi connectivity index (χ4n) is 6.99. The van der Waals surface area contributed by atoms with E-state index in [1.54, 1.807) is 21.9 Å². The first kappa shape index (κ1) is 33.2. The molecule has 0 radical (unpaired) electrons. The number of carbonyl (C=O) groups is 4. The summed E-state index contributed by atoms with van der Waals surface area (Å²) in [5.41, 5.74) is 7.47. The van der Waals surface area contributed by atoms with Gasteiger partial charge < -0.3 is 25.8 Å². The number of nitrogens with zero attached hydrogens (tertiary/aromatic N) is 4. The number of para-hydroxylation sites is 1. The van der Waals surface area contributed by atoms with E-state index in [4.69, 9.17) is 34.3 Å². The van der Waals surface area contributed by atoms with E-state index in [-0.39, 0.29) is 36.0 Å². The zero-order valence-corrected chi connectivity index (χ0v) is 28.1. The van der Waals surface area contributed by atoms with E-state index in [2.05, 4.69) is 10.3 Å². The number of ketones is 1. The Balaban J connectivity index is 1.13. The normalized spacial score (nSPS) is 22.0. The number of amides is 3. The summed E-state index contributed by atoms with van der Waals surface area (Å²) in [5.74, 6) is -1.17. The van der Waals surface area contributed by atoms with Gasteiger partial charge in [0, 0.05) is 19.6 Å². The van der Waals surface area contributed by atoms with Crippen molar-refractivity contribution < 1.29 is 19.2 Å². The number of aromatic nitrogens is 1. The first-order valence-corrected chi connectivity index (χ1v) is 17.5. The van der Waals surface area contributed by atoms with Crippen molar-refractivity contribution in [3.05, 3.63) is 63.1 Å². The van der Waals surface area contributed by atoms with Crippen molar-refractivity contribution in [2.24, 2.45) is 11.7 Å². The van der Waals surface area contributed by atoms with Crippen LogP contribution in [0.5, 0.6) is 0 Å². The van der Waals surface area contributed by atoms with Crippen LogP contribution in [-0.2, 0) is 20.8 Å². The minimum atomic E-state index is -0.882. The van der Waals surface area contributed by atoms with E-state index < -0.39 is 24.0 Å². The van der Waals surface area contributed by atoms with Crippen molar-refractivity contribution in [2.45, 2.75) is 63.1 Å². The largest absolute Gasteiger partial charge is 0.370 e. The molecule has 47 heavy (non-hydrogen) atoms. The third-order valence-corrected chi connectivity index (χ3v) is 11.1. The molecule has 3 fully saturated rings. The summed E-state index contributed by atoms with van der Waals surface area (Å²) in [6, 6.07) is 10.5. The Morgan fingerprint density at radius 1 is 1.11 bits per heavy atom. The maximum Gasteiger partial charge on any atom is 0.245 e. The van der Waals surface area contributed by atoms with Crippen LogP contribution >= 0.6 is 34.5 Å². The lowest BCUT2D eigenvalue weighted by Gasteiger charge is -2.39. The minimum absolute atomic E-state index is 0.0125. The van der Waals surface area contributed by atoms with Gasteiger partial charge in [-0.15, -0.1) is 11.3 Å². The highest BCUT2D eigenvalue weighted by molar-refractivity contribution is 7.20. The van der Waals surface area contributed by atoms with Gasteiger partial charge >= 0.3 is 0 Å². The van der Waals surface area contributed by atoms with Crippen LogP contribution in [0.25, 0.3) is 10.2 Å². The second-order valence-electron chi connectivity index (χ2n) is 12.5. The smallest absolute Gasteiger partial charge is 0.245 e. The third-order valence-electron chi connectivity index (χ3n) is 9.34. The summed E-state index contributed by atoms with van der Waals surface area (Å²) in [6.07, 6.45) is 4.01. The molecule has 11 nitrogen and oxygen atoms in total. The van der Waals surface area contributed by atoms with E-state index in [9.17, 15) is 19.2 Å². The lowest BCUT2D eigenvalue weighted by molar-refractivity contribution is -0.157. The molecule has 14 heteroatoms. The maximum atomic E-state index is 13.9. The number of thiazole rings is 1. The molecule has 3 aliphatic rings. The van der Waals surface area contributed by atoms with Gasteiger partial charge in [0.25, 0.3) is 0 Å². The van der Waals surface area contributed by atoms with Gasteiger partial charge in [-0.2, -0.15) is 0 Å². The average molecular weight is 699 g/mol. The van der Waals surface area contributed by atoms with Gasteiger partial charge in [0.2, 0.25) is 23.5 Å². The quantitative estimate of drug-likeness (QED) is 0.164. The standard InChI is InChI=1S/C33H37Cl2N7O4S/c34-21-10-9-19(15-22(21)35)5-3-13-40-18-28(43)42-25(11-12-26(42)32(40)46)30(45)38-24(16-20-6-4-14-41(17-20)33(36)37)29(44)31-39-23-7-1-2-8-27(23)47-31/h1-2,7-10,15,20,24-26H,3-6,11-14,16-18H2,(H3,36,37)(H,38,45). The summed E-state index contributed by atoms with van der Waals surface area (Å²) in [4.78, 5) is 64.0. The van der Waals surface area contributed by atoms with Gasteiger partial charge in [-0.3, -0.25) is 24.6 Å². The van der Waals surface area contributed by atoms with Gasteiger partial charge in [0.05, 0.1) is 32.8 Å². The Labute approximate surface area is 286 Å². The average Bonchev–Trinajstić information content (AvgIpc) is 3.70. The van der Waals surface area contributed by atoms with E-state index in [0.29, 0.717) is 72.3 Å². The van der Waals surface area contributed by atoms with Gasteiger partial charge in [-0.25, -0.2) is 4.98 Å². The Hall–Kier alpha value is -3.74. The van der Waals surface area contributed by atoms with E-state index in [0.717, 1.165) is 23.1 Å². The summed E-state index contributed by atoms with van der Waals surface area (Å²) < 4.78 is 0.874. The molecule has 4 heterocycles. The van der Waals surface area contributed by atoms with Crippen LogP contribution in [-0.4, -0.2) is 93.5 Å². The van der Waals surface area contributed by atoms with Gasteiger partial charge in [0.1, 0.15) is 12.1 Å². The molecule has 6 rings (SSSR count). The Morgan fingerprint density at radius 3 is 2.68 bits per heavy atom. The monoisotopic (exact) mass is 697 g/mol. The Bertz CT molecular complexity index is 1680. The van der Waals surface area contributed by atoms with Crippen molar-refractivity contribution in [3.8, 4) is 0 Å². The molecule has 4 unspecified atom stereocenters. The summed E-state index contributed by atoms with van der Waals surface area (Å²) in [7, 11) is 0. The van der Waals surface area contributed by atoms with Crippen LogP contribution in [0.15, 0.2) is 42.5 Å². The van der Waals surface area contributed by atoms with Gasteiger partial charge in [0.15, 0.2) is 11.0 Å². The number of rotatable bonds is 10. The number of halogens is 2. The molecule has 3 amide bonds. The van der Waals surface area contributed by atoms with Crippen molar-refractivity contribution in [2.75, 3.05) is 26.2 Å². The van der Waals surface area contributed by atoms with Gasteiger partial charge in [-0.05, 0) is 80.7 Å². The minimum Gasteiger partial charge on any atom is -0.370 e. The van der Waals surface area contributed by atoms with E-state index >= 15 is 0 Å². The van der Waals surface area contributed by atoms with Crippen molar-refractivity contribution in [1.82, 2.24) is 25.0 Å². The fourth-order valence-corrected chi connectivity index (χ4v) is 8.27. The molecule has 0 spiro atoms. The highest BCUT2D eigenvalue weighted by Crippen LogP contribution is 2.31. The number of likely N-dealkylation sites (tertiary alicyclic amines) is 1. The van der Waals surface area contributed by atoms with Crippen molar-refractivity contribution in [1.29, 1.82) is 5.41 Å². The molecule has 0 bridgehead atoms. The number of aryl methyl sites for hydroxylation is 1. The molecule has 0 aliphatic carbocycles. The molecule has 3 aromatic rings. The van der Waals surface area contributed by atoms with Crippen LogP contribution in [0.2, 0.25) is 10.0 Å². The lowest BCUT2D eigenvalue weighted by Crippen LogP contribution is -2.62. The highest BCUT2D eigenvalue weighted by atomic mass is 35.5. The summed E-state index contributed by atoms with van der Waals surface area (Å²) >= 11 is 13.4. The second-order valence-corrected chi connectivity index (χ2v) is 14.4. The molecule has 4 N–H and O–H groups in total. The molecule has 2 aromatic carbocycles. The predicted octanol–water partition coefficient (Wildman–Crippen LogP) is 4.10. The number of carbonyl (C=O) groups excluding carboxylic acids is 4. The molecule has 248 valence electrons. The number of Topliss-reactive ketones (excluding diaryl/α,β-unsaturated/α-hetero) is 1. The van der Waals surface area contributed by atoms with Crippen LogP contribution in [0.3, 0.4) is 0 Å². The van der Waals surface area contributed by atoms with E-state index in [1.807, 2.05) is 30.3 Å². The number of piperidine rings is 1. The predicted molar refractivity (Wildman–Crippen MR) is 182 cm³/mol. The molecular formula is C33H37Cl2N7O4S. The number of fused-ring (bicyclic) bond motifs is 2. The number of piperazine rings is 1. The van der Waals surface area contributed by atoms with Gasteiger partial charge in [-0.1, -0.05) is 41.4 Å². The summed E-state index contributed by atoms with van der Waals surface area (Å²) in [5, 5.41) is 12.1. The highest BCUT2D eigenvalue weighted by Gasteiger charge is 2.49. The third kappa shape index (κ3) is 7.24. The summed E-state index contributed by atoms with van der Waals surface area (Å²) in [6.45, 7) is 1.50. The number of hydrogen-bond acceptors (Lipinski definition) is 7. The molecule has 4 atom stereocenters. The maximum absolute atomic E-state index is 13.9. The number of nitrogens with two attached hydrogens (primary N) is 1. The van der Waals surface area contributed by atoms with Crippen LogP contribution < -0.4 is 11.1 Å². The zero-order valence-electron chi connectivity index (χ0n) is 25.8. The van der Waals surface area contributed by atoms with Crippen LogP contribution in [0.1, 0.15) is 53.9 Å². The Kier molecular flexibility index (Phi) is 10.00. The van der Waals surface area contributed by atoms with Crippen LogP contribution in [0.4, 0.5) is 0 Å². The molecule has 0 saturated carbocycles. The number of guanidine groups is 1.